The molecule has 0 rings (SSSR count). The van der Waals surface area contributed by atoms with Gasteiger partial charge in [0, 0.05) is 25.7 Å². The number of hydrogen-bond donors (Lipinski definition) is 3. The van der Waals surface area contributed by atoms with Crippen molar-refractivity contribution >= 4 is 39.5 Å². The Balaban J connectivity index is 5.25. The van der Waals surface area contributed by atoms with Crippen LogP contribution in [0.1, 0.15) is 351 Å². The van der Waals surface area contributed by atoms with Crippen LogP contribution < -0.4 is 0 Å². The first-order valence-electron chi connectivity index (χ1n) is 36.7. The molecule has 90 heavy (non-hydrogen) atoms. The van der Waals surface area contributed by atoms with Crippen LogP contribution in [0, 0.1) is 23.7 Å². The average molecular weight is 1330 g/mol. The van der Waals surface area contributed by atoms with Crippen LogP contribution in [0.3, 0.4) is 0 Å². The summed E-state index contributed by atoms with van der Waals surface area (Å²) in [7, 11) is -9.90. The van der Waals surface area contributed by atoms with Crippen molar-refractivity contribution in [2.75, 3.05) is 39.6 Å². The molecule has 0 saturated carbocycles. The summed E-state index contributed by atoms with van der Waals surface area (Å²) >= 11 is 0. The first-order chi connectivity index (χ1) is 43.1. The minimum atomic E-state index is -4.95. The van der Waals surface area contributed by atoms with Crippen LogP contribution in [0.15, 0.2) is 0 Å². The highest BCUT2D eigenvalue weighted by Gasteiger charge is 2.30. The SMILES string of the molecule is CC(C)CCCCCCCCCCCCCC(=O)OC[C@H](COP(=O)(O)OCC(O)COP(=O)(O)OC[C@@H](COC(=O)CCCCCCCCCC(C)C)OC(=O)CCCCCCCCCCCCCC(C)C)OC(=O)CCCCCCCCCCCC(C)C. The quantitative estimate of drug-likeness (QED) is 0.0222. The number of phosphoric ester groups is 2. The Labute approximate surface area is 549 Å². The second-order valence-electron chi connectivity index (χ2n) is 27.5. The number of ether oxygens (including phenoxy) is 4. The van der Waals surface area contributed by atoms with Gasteiger partial charge in [-0.3, -0.25) is 37.3 Å². The van der Waals surface area contributed by atoms with Gasteiger partial charge in [-0.1, -0.05) is 299 Å². The van der Waals surface area contributed by atoms with Crippen LogP contribution in [-0.2, 0) is 65.4 Å². The Hall–Kier alpha value is -1.94. The van der Waals surface area contributed by atoms with E-state index in [4.69, 9.17) is 37.0 Å². The second kappa shape index (κ2) is 60.7. The zero-order valence-corrected chi connectivity index (χ0v) is 60.6. The molecule has 0 spiro atoms. The molecular formula is C71H138O17P2. The lowest BCUT2D eigenvalue weighted by molar-refractivity contribution is -0.161. The standard InChI is InChI=1S/C71H138O17P2/c1-61(2)47-39-31-23-16-11-9-13-19-27-35-43-51-68(73)81-57-66(88-71(76)54-46-38-29-21-15-18-25-33-41-49-63(5)6)59-85-89(77,78)83-55-65(72)56-84-90(79,80)86-60-67(58-82-69(74)52-44-36-30-22-26-34-42-50-64(7)8)87-70(75)53-45-37-28-20-14-10-12-17-24-32-40-48-62(3)4/h61-67,72H,9-60H2,1-8H3,(H,77,78)(H,79,80)/t65?,66-,67-/m1/s1. The summed E-state index contributed by atoms with van der Waals surface area (Å²) in [6, 6.07) is 0. The molecule has 0 heterocycles. The minimum Gasteiger partial charge on any atom is -0.462 e. The Kier molecular flexibility index (Phi) is 59.4. The molecule has 5 atom stereocenters. The molecule has 0 amide bonds. The fourth-order valence-electron chi connectivity index (χ4n) is 10.7. The number of unbranched alkanes of at least 4 members (excludes halogenated alkanes) is 34. The van der Waals surface area contributed by atoms with Gasteiger partial charge in [0.2, 0.25) is 0 Å². The van der Waals surface area contributed by atoms with Crippen LogP contribution in [-0.4, -0.2) is 96.7 Å². The van der Waals surface area contributed by atoms with Crippen molar-refractivity contribution in [1.29, 1.82) is 0 Å². The van der Waals surface area contributed by atoms with Gasteiger partial charge in [0.25, 0.3) is 0 Å². The molecule has 0 aliphatic rings. The predicted molar refractivity (Wildman–Crippen MR) is 363 cm³/mol. The number of phosphoric acid groups is 2. The summed E-state index contributed by atoms with van der Waals surface area (Å²) in [5.74, 6) is 0.849. The van der Waals surface area contributed by atoms with Crippen molar-refractivity contribution in [2.24, 2.45) is 23.7 Å². The number of rotatable bonds is 68. The molecule has 0 aromatic carbocycles. The molecule has 0 radical (unpaired) electrons. The van der Waals surface area contributed by atoms with Gasteiger partial charge in [-0.05, 0) is 49.4 Å². The smallest absolute Gasteiger partial charge is 0.462 e. The van der Waals surface area contributed by atoms with E-state index in [0.29, 0.717) is 31.6 Å². The summed E-state index contributed by atoms with van der Waals surface area (Å²) in [6.07, 6.45) is 43.1. The third-order valence-electron chi connectivity index (χ3n) is 16.3. The van der Waals surface area contributed by atoms with Crippen LogP contribution >= 0.6 is 15.6 Å². The maximum atomic E-state index is 13.0. The van der Waals surface area contributed by atoms with Gasteiger partial charge in [0.15, 0.2) is 12.2 Å². The summed E-state index contributed by atoms with van der Waals surface area (Å²) in [4.78, 5) is 72.6. The van der Waals surface area contributed by atoms with E-state index < -0.39 is 97.5 Å². The monoisotopic (exact) mass is 1320 g/mol. The number of esters is 4. The minimum absolute atomic E-state index is 0.105. The molecule has 0 saturated heterocycles. The fourth-order valence-corrected chi connectivity index (χ4v) is 12.2. The first-order valence-corrected chi connectivity index (χ1v) is 39.7. The highest BCUT2D eigenvalue weighted by atomic mass is 31.2. The highest BCUT2D eigenvalue weighted by molar-refractivity contribution is 7.47. The zero-order valence-electron chi connectivity index (χ0n) is 58.8. The normalized spacial score (nSPS) is 14.3. The van der Waals surface area contributed by atoms with Gasteiger partial charge in [-0.15, -0.1) is 0 Å². The molecule has 19 heteroatoms. The van der Waals surface area contributed by atoms with Crippen molar-refractivity contribution < 1.29 is 80.2 Å². The van der Waals surface area contributed by atoms with Gasteiger partial charge < -0.3 is 33.8 Å². The number of carbonyl (C=O) groups excluding carboxylic acids is 4. The van der Waals surface area contributed by atoms with Crippen molar-refractivity contribution in [3.8, 4) is 0 Å². The summed E-state index contributed by atoms with van der Waals surface area (Å²) < 4.78 is 68.3. The molecule has 0 aliphatic heterocycles. The van der Waals surface area contributed by atoms with E-state index in [9.17, 15) is 43.2 Å². The molecule has 3 unspecified atom stereocenters. The predicted octanol–water partition coefficient (Wildman–Crippen LogP) is 20.1. The Morgan fingerprint density at radius 3 is 0.689 bits per heavy atom. The molecule has 534 valence electrons. The van der Waals surface area contributed by atoms with E-state index >= 15 is 0 Å². The number of carbonyl (C=O) groups is 4. The van der Waals surface area contributed by atoms with Crippen LogP contribution in [0.2, 0.25) is 0 Å². The van der Waals surface area contributed by atoms with Crippen LogP contribution in [0.4, 0.5) is 0 Å². The third-order valence-corrected chi connectivity index (χ3v) is 18.2. The van der Waals surface area contributed by atoms with Crippen molar-refractivity contribution in [2.45, 2.75) is 369 Å². The van der Waals surface area contributed by atoms with Crippen LogP contribution in [0.5, 0.6) is 0 Å². The molecule has 3 N–H and O–H groups in total. The summed E-state index contributed by atoms with van der Waals surface area (Å²) in [6.45, 7) is 14.1. The van der Waals surface area contributed by atoms with E-state index in [1.54, 1.807) is 0 Å². The van der Waals surface area contributed by atoms with Gasteiger partial charge >= 0.3 is 39.5 Å². The lowest BCUT2D eigenvalue weighted by Gasteiger charge is -2.21. The second-order valence-corrected chi connectivity index (χ2v) is 30.4. The average Bonchev–Trinajstić information content (AvgIpc) is 3.51. The fraction of sp³-hybridized carbons (Fsp3) is 0.944. The van der Waals surface area contributed by atoms with Gasteiger partial charge in [-0.25, -0.2) is 9.13 Å². The Morgan fingerprint density at radius 2 is 0.467 bits per heavy atom. The number of aliphatic hydroxyl groups excluding tert-OH is 1. The van der Waals surface area contributed by atoms with Gasteiger partial charge in [0.1, 0.15) is 19.3 Å². The van der Waals surface area contributed by atoms with Crippen molar-refractivity contribution in [3.63, 3.8) is 0 Å². The van der Waals surface area contributed by atoms with E-state index in [2.05, 4.69) is 55.4 Å². The van der Waals surface area contributed by atoms with Crippen LogP contribution in [0.25, 0.3) is 0 Å². The highest BCUT2D eigenvalue weighted by Crippen LogP contribution is 2.45. The summed E-state index contributed by atoms with van der Waals surface area (Å²) in [5, 5.41) is 10.6. The lowest BCUT2D eigenvalue weighted by Crippen LogP contribution is -2.30. The molecule has 0 aromatic rings. The topological polar surface area (TPSA) is 237 Å². The molecule has 0 aromatic heterocycles. The maximum absolute atomic E-state index is 13.0. The summed E-state index contributed by atoms with van der Waals surface area (Å²) in [5.41, 5.74) is 0. The third kappa shape index (κ3) is 64.8. The Bertz CT molecular complexity index is 1780. The van der Waals surface area contributed by atoms with Gasteiger partial charge in [-0.2, -0.15) is 0 Å². The van der Waals surface area contributed by atoms with Crippen molar-refractivity contribution in [3.05, 3.63) is 0 Å². The zero-order chi connectivity index (χ0) is 66.8. The number of aliphatic hydroxyl groups is 1. The molecule has 17 nitrogen and oxygen atoms in total. The largest absolute Gasteiger partial charge is 0.472 e. The van der Waals surface area contributed by atoms with Gasteiger partial charge in [0.05, 0.1) is 26.4 Å². The lowest BCUT2D eigenvalue weighted by atomic mass is 10.0. The van der Waals surface area contributed by atoms with E-state index in [-0.39, 0.29) is 25.7 Å². The van der Waals surface area contributed by atoms with E-state index in [0.717, 1.165) is 114 Å². The van der Waals surface area contributed by atoms with E-state index in [1.807, 2.05) is 0 Å². The maximum Gasteiger partial charge on any atom is 0.472 e. The Morgan fingerprint density at radius 1 is 0.278 bits per heavy atom. The molecule has 0 bridgehead atoms. The van der Waals surface area contributed by atoms with Crippen molar-refractivity contribution in [1.82, 2.24) is 0 Å². The number of hydrogen-bond acceptors (Lipinski definition) is 15. The van der Waals surface area contributed by atoms with E-state index in [1.165, 1.54) is 148 Å². The molecule has 0 fully saturated rings. The first kappa shape index (κ1) is 88.1. The molecular weight excluding hydrogens is 1190 g/mol. The molecule has 0 aliphatic carbocycles.